The average Bonchev–Trinajstić information content (AvgIpc) is 3.66. The number of nitrogens with zero attached hydrogens (tertiary/aromatic N) is 5. The van der Waals surface area contributed by atoms with E-state index in [1.165, 1.54) is 16.0 Å². The van der Waals surface area contributed by atoms with Crippen LogP contribution in [0.3, 0.4) is 0 Å². The van der Waals surface area contributed by atoms with E-state index in [0.717, 1.165) is 55.1 Å². The Labute approximate surface area is 252 Å². The Hall–Kier alpha value is -4.01. The van der Waals surface area contributed by atoms with Crippen LogP contribution in [0.5, 0.6) is 0 Å². The van der Waals surface area contributed by atoms with E-state index in [9.17, 15) is 5.26 Å². The van der Waals surface area contributed by atoms with E-state index in [1.807, 2.05) is 36.5 Å². The van der Waals surface area contributed by atoms with E-state index in [1.54, 1.807) is 17.5 Å². The SMILES string of the molecule is C[C@@H](Nc1c(C#N)cnc2c(Cl)cc(N[C@H](c3c[nH]nn3)c3csc4c3CCN(C3COC3)C4)cc12)c1ccccc1. The lowest BCUT2D eigenvalue weighted by Crippen LogP contribution is -2.50. The first-order valence-electron chi connectivity index (χ1n) is 14.0. The van der Waals surface area contributed by atoms with Crippen LogP contribution < -0.4 is 10.6 Å². The molecule has 7 rings (SSSR count). The molecule has 3 aromatic heterocycles. The maximum absolute atomic E-state index is 9.97. The molecule has 3 N–H and O–H groups in total. The summed E-state index contributed by atoms with van der Waals surface area (Å²) in [7, 11) is 0. The van der Waals surface area contributed by atoms with Gasteiger partial charge in [-0.05, 0) is 47.5 Å². The zero-order valence-electron chi connectivity index (χ0n) is 23.0. The van der Waals surface area contributed by atoms with Gasteiger partial charge in [0.05, 0.1) is 47.1 Å². The van der Waals surface area contributed by atoms with E-state index in [2.05, 4.69) is 66.4 Å². The van der Waals surface area contributed by atoms with Gasteiger partial charge in [0.2, 0.25) is 0 Å². The number of H-pyrrole nitrogens is 1. The molecule has 0 amide bonds. The highest BCUT2D eigenvalue weighted by Crippen LogP contribution is 2.40. The fraction of sp³-hybridized carbons (Fsp3) is 0.290. The van der Waals surface area contributed by atoms with Gasteiger partial charge in [0.25, 0.3) is 0 Å². The zero-order chi connectivity index (χ0) is 28.6. The van der Waals surface area contributed by atoms with Gasteiger partial charge in [-0.1, -0.05) is 47.1 Å². The topological polar surface area (TPSA) is 115 Å². The Kier molecular flexibility index (Phi) is 7.25. The minimum absolute atomic E-state index is 0.0365. The highest BCUT2D eigenvalue weighted by molar-refractivity contribution is 7.10. The average molecular weight is 597 g/mol. The van der Waals surface area contributed by atoms with Crippen LogP contribution >= 0.6 is 22.9 Å². The highest BCUT2D eigenvalue weighted by atomic mass is 35.5. The van der Waals surface area contributed by atoms with Crippen molar-refractivity contribution in [3.63, 3.8) is 0 Å². The van der Waals surface area contributed by atoms with Crippen molar-refractivity contribution in [3.8, 4) is 6.07 Å². The molecule has 212 valence electrons. The molecule has 11 heteroatoms. The normalized spacial score (nSPS) is 16.8. The number of rotatable bonds is 8. The third-order valence-electron chi connectivity index (χ3n) is 8.20. The summed E-state index contributed by atoms with van der Waals surface area (Å²) in [5.41, 5.74) is 7.08. The molecule has 0 saturated carbocycles. The Morgan fingerprint density at radius 2 is 2.07 bits per heavy atom. The second kappa shape index (κ2) is 11.3. The second-order valence-electron chi connectivity index (χ2n) is 10.8. The minimum atomic E-state index is -0.234. The number of aromatic amines is 1. The van der Waals surface area contributed by atoms with E-state index in [0.29, 0.717) is 27.8 Å². The predicted molar refractivity (Wildman–Crippen MR) is 165 cm³/mol. The number of ether oxygens (including phenoxy) is 1. The molecule has 9 nitrogen and oxygen atoms in total. The summed E-state index contributed by atoms with van der Waals surface area (Å²) in [6, 6.07) is 16.6. The lowest BCUT2D eigenvalue weighted by molar-refractivity contribution is -0.0691. The summed E-state index contributed by atoms with van der Waals surface area (Å²) in [4.78, 5) is 8.46. The van der Waals surface area contributed by atoms with Crippen molar-refractivity contribution in [2.75, 3.05) is 30.4 Å². The first kappa shape index (κ1) is 26.9. The number of nitriles is 1. The molecule has 0 radical (unpaired) electrons. The predicted octanol–water partition coefficient (Wildman–Crippen LogP) is 6.07. The maximum Gasteiger partial charge on any atom is 0.109 e. The van der Waals surface area contributed by atoms with Gasteiger partial charge in [0.1, 0.15) is 11.8 Å². The minimum Gasteiger partial charge on any atom is -0.378 e. The van der Waals surface area contributed by atoms with E-state index in [4.69, 9.17) is 16.3 Å². The number of halogens is 1. The number of pyridine rings is 1. The van der Waals surface area contributed by atoms with Crippen molar-refractivity contribution in [1.82, 2.24) is 25.3 Å². The molecular formula is C31H29ClN8OS. The fourth-order valence-electron chi connectivity index (χ4n) is 5.82. The molecule has 0 unspecified atom stereocenters. The number of anilines is 2. The van der Waals surface area contributed by atoms with Crippen LogP contribution in [0.2, 0.25) is 5.02 Å². The first-order chi connectivity index (χ1) is 20.6. The van der Waals surface area contributed by atoms with Gasteiger partial charge in [-0.15, -0.1) is 16.4 Å². The lowest BCUT2D eigenvalue weighted by Gasteiger charge is -2.39. The maximum atomic E-state index is 9.97. The summed E-state index contributed by atoms with van der Waals surface area (Å²) >= 11 is 8.63. The number of nitrogens with one attached hydrogen (secondary N) is 3. The van der Waals surface area contributed by atoms with Gasteiger partial charge in [-0.25, -0.2) is 0 Å². The quantitative estimate of drug-likeness (QED) is 0.198. The number of hydrogen-bond donors (Lipinski definition) is 3. The number of hydrogen-bond acceptors (Lipinski definition) is 9. The summed E-state index contributed by atoms with van der Waals surface area (Å²) in [5, 5.41) is 32.0. The standard InChI is InChI=1S/C31H29ClN8OS/c1-18(19-5-3-2-4-6-19)36-29-20(11-33)12-34-30-24(29)9-21(10-26(30)32)37-31(27-13-35-39-38-27)25-17-42-28-14-40(8-7-23(25)28)22-15-41-16-22/h2-6,9-10,12-13,17-18,22,31,37H,7-8,14-16H2,1H3,(H,34,36)(H,35,38,39)/t18-,31+/m1/s1. The molecule has 42 heavy (non-hydrogen) atoms. The van der Waals surface area contributed by atoms with Crippen molar-refractivity contribution >= 4 is 45.2 Å². The Balaban J connectivity index is 1.25. The van der Waals surface area contributed by atoms with Crippen molar-refractivity contribution in [2.45, 2.75) is 38.0 Å². The molecule has 1 fully saturated rings. The van der Waals surface area contributed by atoms with Crippen LogP contribution in [0, 0.1) is 11.3 Å². The monoisotopic (exact) mass is 596 g/mol. The molecule has 2 aliphatic rings. The van der Waals surface area contributed by atoms with E-state index < -0.39 is 0 Å². The molecule has 0 spiro atoms. The van der Waals surface area contributed by atoms with Gasteiger partial charge < -0.3 is 15.4 Å². The number of benzene rings is 2. The van der Waals surface area contributed by atoms with Crippen LogP contribution in [0.25, 0.3) is 10.9 Å². The molecule has 5 heterocycles. The van der Waals surface area contributed by atoms with Gasteiger partial charge in [0, 0.05) is 47.5 Å². The van der Waals surface area contributed by atoms with Gasteiger partial charge in [-0.2, -0.15) is 5.26 Å². The van der Waals surface area contributed by atoms with Gasteiger partial charge >= 0.3 is 0 Å². The second-order valence-corrected chi connectivity index (χ2v) is 12.1. The molecule has 0 bridgehead atoms. The van der Waals surface area contributed by atoms with Crippen molar-refractivity contribution in [2.24, 2.45) is 0 Å². The number of thiophene rings is 1. The molecule has 2 atom stereocenters. The molecule has 2 aliphatic heterocycles. The molecule has 5 aromatic rings. The van der Waals surface area contributed by atoms with E-state index >= 15 is 0 Å². The molecule has 1 saturated heterocycles. The van der Waals surface area contributed by atoms with E-state index in [-0.39, 0.29) is 12.1 Å². The summed E-state index contributed by atoms with van der Waals surface area (Å²) < 4.78 is 5.44. The van der Waals surface area contributed by atoms with Gasteiger partial charge in [-0.3, -0.25) is 15.0 Å². The summed E-state index contributed by atoms with van der Waals surface area (Å²) in [6.45, 7) is 5.67. The molecule has 0 aliphatic carbocycles. The Morgan fingerprint density at radius 3 is 2.81 bits per heavy atom. The van der Waals surface area contributed by atoms with Crippen LogP contribution in [-0.4, -0.2) is 51.1 Å². The van der Waals surface area contributed by atoms with Crippen molar-refractivity contribution < 1.29 is 4.74 Å². The zero-order valence-corrected chi connectivity index (χ0v) is 24.5. The first-order valence-corrected chi connectivity index (χ1v) is 15.2. The summed E-state index contributed by atoms with van der Waals surface area (Å²) in [6.07, 6.45) is 4.38. The van der Waals surface area contributed by atoms with Crippen LogP contribution in [0.1, 0.15) is 51.8 Å². The third-order valence-corrected chi connectivity index (χ3v) is 9.52. The van der Waals surface area contributed by atoms with Crippen molar-refractivity contribution in [3.05, 3.63) is 98.1 Å². The Morgan fingerprint density at radius 1 is 1.21 bits per heavy atom. The van der Waals surface area contributed by atoms with Crippen molar-refractivity contribution in [1.29, 1.82) is 5.26 Å². The third kappa shape index (κ3) is 4.99. The molecule has 2 aromatic carbocycles. The van der Waals surface area contributed by atoms with Crippen LogP contribution in [-0.2, 0) is 17.7 Å². The number of aromatic nitrogens is 4. The molecular weight excluding hydrogens is 568 g/mol. The van der Waals surface area contributed by atoms with Gasteiger partial charge in [0.15, 0.2) is 0 Å². The lowest BCUT2D eigenvalue weighted by atomic mass is 9.95. The fourth-order valence-corrected chi connectivity index (χ4v) is 7.23. The Bertz CT molecular complexity index is 1760. The van der Waals surface area contributed by atoms with Crippen LogP contribution in [0.15, 0.2) is 60.2 Å². The van der Waals surface area contributed by atoms with Crippen LogP contribution in [0.4, 0.5) is 11.4 Å². The number of fused-ring (bicyclic) bond motifs is 2. The summed E-state index contributed by atoms with van der Waals surface area (Å²) in [5.74, 6) is 0. The smallest absolute Gasteiger partial charge is 0.109 e. The highest BCUT2D eigenvalue weighted by Gasteiger charge is 2.32. The largest absolute Gasteiger partial charge is 0.378 e.